The fourth-order valence-electron chi connectivity index (χ4n) is 1.43. The van der Waals surface area contributed by atoms with Crippen LogP contribution < -0.4 is 0 Å². The fraction of sp³-hybridized carbons (Fsp3) is 0.667. The van der Waals surface area contributed by atoms with Crippen molar-refractivity contribution < 1.29 is 9.90 Å². The molecule has 2 atom stereocenters. The number of hydrogen-bond acceptors (Lipinski definition) is 2. The number of nitrogens with zero attached hydrogens (tertiary/aromatic N) is 1. The Hall–Kier alpha value is -0.830. The predicted molar refractivity (Wildman–Crippen MR) is 47.0 cm³/mol. The Morgan fingerprint density at radius 3 is 2.92 bits per heavy atom. The molecule has 0 amide bonds. The van der Waals surface area contributed by atoms with Crippen molar-refractivity contribution in [3.8, 4) is 0 Å². The molecule has 1 rings (SSSR count). The predicted octanol–water partition coefficient (Wildman–Crippen LogP) is 1.11. The summed E-state index contributed by atoms with van der Waals surface area (Å²) < 4.78 is 0. The molecular weight excluding hydrogens is 154 g/mol. The second-order valence-electron chi connectivity index (χ2n) is 3.30. The molecule has 0 saturated heterocycles. The summed E-state index contributed by atoms with van der Waals surface area (Å²) >= 11 is 0. The van der Waals surface area contributed by atoms with E-state index in [1.165, 1.54) is 0 Å². The van der Waals surface area contributed by atoms with Gasteiger partial charge in [0.05, 0.1) is 0 Å². The lowest BCUT2D eigenvalue weighted by atomic mass is 10.2. The molecule has 3 heteroatoms. The van der Waals surface area contributed by atoms with E-state index in [1.54, 1.807) is 6.08 Å². The van der Waals surface area contributed by atoms with Gasteiger partial charge in [0.1, 0.15) is 6.04 Å². The molecule has 0 aromatic heterocycles. The summed E-state index contributed by atoms with van der Waals surface area (Å²) in [4.78, 5) is 12.7. The van der Waals surface area contributed by atoms with E-state index in [4.69, 9.17) is 5.11 Å². The quantitative estimate of drug-likeness (QED) is 0.598. The molecule has 1 N–H and O–H groups in total. The molecule has 12 heavy (non-hydrogen) atoms. The summed E-state index contributed by atoms with van der Waals surface area (Å²) in [5.41, 5.74) is 0. The Balaban J connectivity index is 2.74. The van der Waals surface area contributed by atoms with Gasteiger partial charge in [0, 0.05) is 6.04 Å². The Labute approximate surface area is 72.7 Å². The zero-order valence-electron chi connectivity index (χ0n) is 7.53. The lowest BCUT2D eigenvalue weighted by Crippen LogP contribution is -2.41. The summed E-state index contributed by atoms with van der Waals surface area (Å²) in [5.74, 6) is -0.762. The highest BCUT2D eigenvalue weighted by molar-refractivity contribution is 5.75. The van der Waals surface area contributed by atoms with Gasteiger partial charge < -0.3 is 5.11 Å². The van der Waals surface area contributed by atoms with E-state index in [0.717, 1.165) is 12.8 Å². The molecular formula is C9H15NO2. The van der Waals surface area contributed by atoms with Crippen LogP contribution >= 0.6 is 0 Å². The van der Waals surface area contributed by atoms with E-state index in [0.29, 0.717) is 6.04 Å². The van der Waals surface area contributed by atoms with Crippen LogP contribution in [-0.4, -0.2) is 35.1 Å². The first kappa shape index (κ1) is 9.26. The van der Waals surface area contributed by atoms with E-state index in [2.05, 4.69) is 6.92 Å². The lowest BCUT2D eigenvalue weighted by Gasteiger charge is -2.26. The zero-order chi connectivity index (χ0) is 9.14. The Morgan fingerprint density at radius 2 is 2.33 bits per heavy atom. The van der Waals surface area contributed by atoms with Crippen molar-refractivity contribution in [2.45, 2.75) is 31.8 Å². The van der Waals surface area contributed by atoms with Gasteiger partial charge in [-0.1, -0.05) is 12.2 Å². The van der Waals surface area contributed by atoms with Crippen LogP contribution in [0.5, 0.6) is 0 Å². The number of aliphatic carboxylic acids is 1. The molecule has 3 nitrogen and oxygen atoms in total. The van der Waals surface area contributed by atoms with Crippen molar-refractivity contribution in [1.82, 2.24) is 4.90 Å². The molecule has 0 saturated carbocycles. The molecule has 68 valence electrons. The van der Waals surface area contributed by atoms with Gasteiger partial charge in [-0.25, -0.2) is 0 Å². The maximum Gasteiger partial charge on any atom is 0.324 e. The zero-order valence-corrected chi connectivity index (χ0v) is 7.53. The number of carboxylic acid groups (broad SMARTS) is 1. The molecule has 0 radical (unpaired) electrons. The van der Waals surface area contributed by atoms with Crippen LogP contribution in [0.2, 0.25) is 0 Å². The van der Waals surface area contributed by atoms with Crippen LogP contribution in [0.4, 0.5) is 0 Å². The fourth-order valence-corrected chi connectivity index (χ4v) is 1.43. The van der Waals surface area contributed by atoms with Crippen LogP contribution in [-0.2, 0) is 4.79 Å². The molecule has 0 bridgehead atoms. The SMILES string of the molecule is CC1CCC=CC(C(=O)O)N1C. The van der Waals surface area contributed by atoms with Crippen molar-refractivity contribution in [2.75, 3.05) is 7.05 Å². The number of carbonyl (C=O) groups is 1. The molecule has 1 aliphatic heterocycles. The first-order valence-electron chi connectivity index (χ1n) is 4.24. The average molecular weight is 169 g/mol. The van der Waals surface area contributed by atoms with E-state index in [-0.39, 0.29) is 0 Å². The molecule has 2 unspecified atom stereocenters. The van der Waals surface area contributed by atoms with Crippen molar-refractivity contribution in [3.63, 3.8) is 0 Å². The highest BCUT2D eigenvalue weighted by Crippen LogP contribution is 2.14. The minimum absolute atomic E-state index is 0.348. The van der Waals surface area contributed by atoms with Crippen molar-refractivity contribution in [2.24, 2.45) is 0 Å². The van der Waals surface area contributed by atoms with E-state index < -0.39 is 12.0 Å². The molecule has 0 aromatic carbocycles. The van der Waals surface area contributed by atoms with Gasteiger partial charge in [-0.3, -0.25) is 9.69 Å². The Morgan fingerprint density at radius 1 is 1.67 bits per heavy atom. The number of likely N-dealkylation sites (N-methyl/N-ethyl adjacent to an activating group) is 1. The maximum absolute atomic E-state index is 10.8. The Kier molecular flexibility index (Phi) is 2.87. The van der Waals surface area contributed by atoms with Crippen LogP contribution in [0, 0.1) is 0 Å². The standard InChI is InChI=1S/C9H15NO2/c1-7-5-3-4-6-8(9(11)12)10(7)2/h4,6-8H,3,5H2,1-2H3,(H,11,12). The molecule has 1 heterocycles. The minimum atomic E-state index is -0.762. The third-order valence-corrected chi connectivity index (χ3v) is 2.46. The highest BCUT2D eigenvalue weighted by Gasteiger charge is 2.24. The van der Waals surface area contributed by atoms with Gasteiger partial charge in [0.25, 0.3) is 0 Å². The minimum Gasteiger partial charge on any atom is -0.480 e. The summed E-state index contributed by atoms with van der Waals surface area (Å²) in [6.07, 6.45) is 5.75. The van der Waals surface area contributed by atoms with E-state index in [1.807, 2.05) is 18.0 Å². The molecule has 1 aliphatic rings. The lowest BCUT2D eigenvalue weighted by molar-refractivity contribution is -0.141. The summed E-state index contributed by atoms with van der Waals surface area (Å²) in [6, 6.07) is -0.0939. The third-order valence-electron chi connectivity index (χ3n) is 2.46. The Bertz CT molecular complexity index is 201. The molecule has 0 spiro atoms. The van der Waals surface area contributed by atoms with Crippen LogP contribution in [0.15, 0.2) is 12.2 Å². The van der Waals surface area contributed by atoms with E-state index >= 15 is 0 Å². The topological polar surface area (TPSA) is 40.5 Å². The van der Waals surface area contributed by atoms with Crippen LogP contribution in [0.25, 0.3) is 0 Å². The van der Waals surface area contributed by atoms with Crippen molar-refractivity contribution in [1.29, 1.82) is 0 Å². The van der Waals surface area contributed by atoms with Crippen molar-refractivity contribution >= 4 is 5.97 Å². The summed E-state index contributed by atoms with van der Waals surface area (Å²) in [6.45, 7) is 2.06. The summed E-state index contributed by atoms with van der Waals surface area (Å²) in [5, 5.41) is 8.86. The van der Waals surface area contributed by atoms with Gasteiger partial charge in [0.2, 0.25) is 0 Å². The van der Waals surface area contributed by atoms with E-state index in [9.17, 15) is 4.79 Å². The molecule has 0 aromatic rings. The first-order valence-corrected chi connectivity index (χ1v) is 4.24. The monoisotopic (exact) mass is 169 g/mol. The first-order chi connectivity index (χ1) is 5.63. The van der Waals surface area contributed by atoms with Gasteiger partial charge >= 0.3 is 5.97 Å². The summed E-state index contributed by atoms with van der Waals surface area (Å²) in [7, 11) is 1.86. The number of carboxylic acids is 1. The number of hydrogen-bond donors (Lipinski definition) is 1. The van der Waals surface area contributed by atoms with Crippen molar-refractivity contribution in [3.05, 3.63) is 12.2 Å². The second kappa shape index (κ2) is 3.72. The smallest absolute Gasteiger partial charge is 0.324 e. The van der Waals surface area contributed by atoms with Gasteiger partial charge in [-0.05, 0) is 26.8 Å². The largest absolute Gasteiger partial charge is 0.480 e. The van der Waals surface area contributed by atoms with Crippen LogP contribution in [0.3, 0.4) is 0 Å². The van der Waals surface area contributed by atoms with Gasteiger partial charge in [0.15, 0.2) is 0 Å². The van der Waals surface area contributed by atoms with Gasteiger partial charge in [-0.2, -0.15) is 0 Å². The normalized spacial score (nSPS) is 31.5. The van der Waals surface area contributed by atoms with Crippen LogP contribution in [0.1, 0.15) is 19.8 Å². The number of rotatable bonds is 1. The second-order valence-corrected chi connectivity index (χ2v) is 3.30. The molecule has 0 aliphatic carbocycles. The highest BCUT2D eigenvalue weighted by atomic mass is 16.4. The number of allylic oxidation sites excluding steroid dienone is 1. The third kappa shape index (κ3) is 1.85. The van der Waals surface area contributed by atoms with Gasteiger partial charge in [-0.15, -0.1) is 0 Å². The molecule has 0 fully saturated rings. The average Bonchev–Trinajstić information content (AvgIpc) is 2.15. The maximum atomic E-state index is 10.8.